The number of carbonyl (C=O) groups is 1. The van der Waals surface area contributed by atoms with Crippen LogP contribution in [-0.2, 0) is 4.79 Å². The highest BCUT2D eigenvalue weighted by Crippen LogP contribution is 2.36. The van der Waals surface area contributed by atoms with E-state index in [2.05, 4.69) is 15.1 Å². The van der Waals surface area contributed by atoms with E-state index in [0.29, 0.717) is 34.3 Å². The van der Waals surface area contributed by atoms with Crippen molar-refractivity contribution in [2.45, 2.75) is 55.8 Å². The SMILES string of the molecule is O=C(CSc1nnc(-c2ccccc2F)n1-c1ccc(F)cc1)N(C1CCCC1)C1CC1. The molecule has 2 aliphatic rings. The van der Waals surface area contributed by atoms with E-state index >= 15 is 0 Å². The molecule has 2 saturated carbocycles. The Morgan fingerprint density at radius 3 is 2.34 bits per heavy atom. The monoisotopic (exact) mass is 454 g/mol. The summed E-state index contributed by atoms with van der Waals surface area (Å²) in [5.74, 6) is -0.110. The first-order valence-electron chi connectivity index (χ1n) is 11.0. The van der Waals surface area contributed by atoms with Crippen molar-refractivity contribution in [3.63, 3.8) is 0 Å². The lowest BCUT2D eigenvalue weighted by Gasteiger charge is -2.29. The third-order valence-corrected chi connectivity index (χ3v) is 7.02. The molecule has 32 heavy (non-hydrogen) atoms. The first-order valence-corrected chi connectivity index (χ1v) is 12.0. The third-order valence-electron chi connectivity index (χ3n) is 6.10. The average molecular weight is 455 g/mol. The van der Waals surface area contributed by atoms with E-state index in [1.165, 1.54) is 42.8 Å². The topological polar surface area (TPSA) is 51.0 Å². The standard InChI is InChI=1S/C24H24F2N4OS/c25-16-9-11-19(12-10-16)30-23(20-7-3-4-8-21(20)26)27-28-24(30)32-15-22(31)29(18-13-14-18)17-5-1-2-6-17/h3-4,7-12,17-18H,1-2,5-6,13-15H2. The summed E-state index contributed by atoms with van der Waals surface area (Å²) < 4.78 is 29.7. The quantitative estimate of drug-likeness (QED) is 0.458. The Bertz CT molecular complexity index is 1110. The van der Waals surface area contributed by atoms with Gasteiger partial charge in [0, 0.05) is 17.8 Å². The maximum atomic E-state index is 14.5. The molecular formula is C24H24F2N4OS. The van der Waals surface area contributed by atoms with Crippen molar-refractivity contribution in [2.24, 2.45) is 0 Å². The lowest BCUT2D eigenvalue weighted by atomic mass is 10.2. The van der Waals surface area contributed by atoms with E-state index < -0.39 is 5.82 Å². The number of hydrogen-bond donors (Lipinski definition) is 0. The van der Waals surface area contributed by atoms with Crippen molar-refractivity contribution >= 4 is 17.7 Å². The third kappa shape index (κ3) is 4.28. The minimum atomic E-state index is -0.419. The molecule has 166 valence electrons. The number of amides is 1. The summed E-state index contributed by atoms with van der Waals surface area (Å²) in [6.45, 7) is 0. The molecule has 1 amide bonds. The highest BCUT2D eigenvalue weighted by Gasteiger charge is 2.38. The lowest BCUT2D eigenvalue weighted by molar-refractivity contribution is -0.131. The molecule has 5 rings (SSSR count). The Labute approximate surface area is 189 Å². The summed E-state index contributed by atoms with van der Waals surface area (Å²) in [6.07, 6.45) is 6.68. The van der Waals surface area contributed by atoms with Crippen LogP contribution in [0.2, 0.25) is 0 Å². The number of benzene rings is 2. The van der Waals surface area contributed by atoms with Gasteiger partial charge in [0.05, 0.1) is 11.3 Å². The molecule has 0 radical (unpaired) electrons. The summed E-state index contributed by atoms with van der Waals surface area (Å²) in [5, 5.41) is 8.97. The Kier molecular flexibility index (Phi) is 5.95. The van der Waals surface area contributed by atoms with Crippen LogP contribution in [0.4, 0.5) is 8.78 Å². The first-order chi connectivity index (χ1) is 15.6. The summed E-state index contributed by atoms with van der Waals surface area (Å²) in [4.78, 5) is 15.2. The Balaban J connectivity index is 1.44. The lowest BCUT2D eigenvalue weighted by Crippen LogP contribution is -2.41. The minimum absolute atomic E-state index is 0.116. The Morgan fingerprint density at radius 2 is 1.66 bits per heavy atom. The molecule has 0 N–H and O–H groups in total. The van der Waals surface area contributed by atoms with E-state index in [1.807, 2.05) is 0 Å². The van der Waals surface area contributed by atoms with Gasteiger partial charge in [0.15, 0.2) is 11.0 Å². The molecule has 1 aromatic heterocycles. The Hall–Kier alpha value is -2.74. The predicted molar refractivity (Wildman–Crippen MR) is 120 cm³/mol. The summed E-state index contributed by atoms with van der Waals surface area (Å²) in [7, 11) is 0. The number of thioether (sulfide) groups is 1. The van der Waals surface area contributed by atoms with Gasteiger partial charge in [-0.3, -0.25) is 9.36 Å². The second kappa shape index (κ2) is 9.02. The Morgan fingerprint density at radius 1 is 0.969 bits per heavy atom. The molecule has 0 spiro atoms. The van der Waals surface area contributed by atoms with Gasteiger partial charge in [0.1, 0.15) is 11.6 Å². The minimum Gasteiger partial charge on any atom is -0.336 e. The zero-order valence-electron chi connectivity index (χ0n) is 17.6. The van der Waals surface area contributed by atoms with Crippen LogP contribution >= 0.6 is 11.8 Å². The van der Waals surface area contributed by atoms with Crippen molar-refractivity contribution in [2.75, 3.05) is 5.75 Å². The molecule has 0 aliphatic heterocycles. The molecule has 0 saturated heterocycles. The number of rotatable bonds is 7. The van der Waals surface area contributed by atoms with Gasteiger partial charge in [-0.25, -0.2) is 8.78 Å². The number of carbonyl (C=O) groups excluding carboxylic acids is 1. The van der Waals surface area contributed by atoms with Gasteiger partial charge in [-0.1, -0.05) is 36.7 Å². The van der Waals surface area contributed by atoms with Gasteiger partial charge in [-0.05, 0) is 62.1 Å². The summed E-state index contributed by atoms with van der Waals surface area (Å²) in [6, 6.07) is 12.9. The van der Waals surface area contributed by atoms with Gasteiger partial charge in [-0.2, -0.15) is 0 Å². The van der Waals surface area contributed by atoms with Gasteiger partial charge in [0.25, 0.3) is 0 Å². The molecule has 1 heterocycles. The molecule has 0 atom stereocenters. The molecule has 8 heteroatoms. The van der Waals surface area contributed by atoms with E-state index in [4.69, 9.17) is 0 Å². The van der Waals surface area contributed by atoms with Crippen LogP contribution in [0.15, 0.2) is 53.7 Å². The normalized spacial score (nSPS) is 16.4. The van der Waals surface area contributed by atoms with Crippen molar-refractivity contribution < 1.29 is 13.6 Å². The van der Waals surface area contributed by atoms with E-state index in [9.17, 15) is 13.6 Å². The zero-order chi connectivity index (χ0) is 22.1. The fraction of sp³-hybridized carbons (Fsp3) is 0.375. The molecule has 2 fully saturated rings. The summed E-state index contributed by atoms with van der Waals surface area (Å²) >= 11 is 1.29. The van der Waals surface area contributed by atoms with E-state index in [1.54, 1.807) is 34.9 Å². The van der Waals surface area contributed by atoms with Crippen molar-refractivity contribution in [1.82, 2.24) is 19.7 Å². The first kappa shape index (κ1) is 21.1. The summed E-state index contributed by atoms with van der Waals surface area (Å²) in [5.41, 5.74) is 0.910. The molecule has 3 aromatic rings. The molecule has 2 aliphatic carbocycles. The van der Waals surface area contributed by atoms with Crippen molar-refractivity contribution in [3.05, 3.63) is 60.2 Å². The van der Waals surface area contributed by atoms with Crippen LogP contribution in [-0.4, -0.2) is 43.4 Å². The van der Waals surface area contributed by atoms with Gasteiger partial charge in [0.2, 0.25) is 5.91 Å². The maximum absolute atomic E-state index is 14.5. The smallest absolute Gasteiger partial charge is 0.233 e. The molecule has 0 bridgehead atoms. The second-order valence-corrected chi connectivity index (χ2v) is 9.30. The van der Waals surface area contributed by atoms with Crippen LogP contribution in [0.1, 0.15) is 38.5 Å². The highest BCUT2D eigenvalue weighted by molar-refractivity contribution is 7.99. The number of aromatic nitrogens is 3. The predicted octanol–water partition coefficient (Wildman–Crippen LogP) is 5.24. The number of hydrogen-bond acceptors (Lipinski definition) is 4. The highest BCUT2D eigenvalue weighted by atomic mass is 32.2. The van der Waals surface area contributed by atoms with Crippen LogP contribution in [0.25, 0.3) is 17.1 Å². The van der Waals surface area contributed by atoms with E-state index in [0.717, 1.165) is 25.7 Å². The molecule has 0 unspecified atom stereocenters. The van der Waals surface area contributed by atoms with Crippen LogP contribution in [0.3, 0.4) is 0 Å². The second-order valence-electron chi connectivity index (χ2n) is 8.36. The van der Waals surface area contributed by atoms with Gasteiger partial charge >= 0.3 is 0 Å². The molecule has 5 nitrogen and oxygen atoms in total. The molecular weight excluding hydrogens is 430 g/mol. The fourth-order valence-corrected chi connectivity index (χ4v) is 5.27. The van der Waals surface area contributed by atoms with Crippen LogP contribution in [0, 0.1) is 11.6 Å². The van der Waals surface area contributed by atoms with Gasteiger partial charge in [-0.15, -0.1) is 10.2 Å². The largest absolute Gasteiger partial charge is 0.336 e. The average Bonchev–Trinajstić information content (AvgIpc) is 3.30. The maximum Gasteiger partial charge on any atom is 0.233 e. The number of nitrogens with zero attached hydrogens (tertiary/aromatic N) is 4. The number of halogens is 2. The van der Waals surface area contributed by atoms with Crippen molar-refractivity contribution in [1.29, 1.82) is 0 Å². The fourth-order valence-electron chi connectivity index (χ4n) is 4.44. The van der Waals surface area contributed by atoms with Crippen LogP contribution in [0.5, 0.6) is 0 Å². The van der Waals surface area contributed by atoms with Crippen LogP contribution < -0.4 is 0 Å². The van der Waals surface area contributed by atoms with Crippen molar-refractivity contribution in [3.8, 4) is 17.1 Å². The van der Waals surface area contributed by atoms with E-state index in [-0.39, 0.29) is 17.5 Å². The van der Waals surface area contributed by atoms with Gasteiger partial charge < -0.3 is 4.90 Å². The molecule has 2 aromatic carbocycles. The zero-order valence-corrected chi connectivity index (χ0v) is 18.4.